The summed E-state index contributed by atoms with van der Waals surface area (Å²) >= 11 is 0. The minimum absolute atomic E-state index is 0.0471. The van der Waals surface area contributed by atoms with E-state index in [0.29, 0.717) is 5.56 Å². The standard InChI is InChI=1S/C13H16N2O4/c1-7-5-4-6-10(11(7)13(18)19)15-12(17)8(2)14-9(3)16/h4-6,8H,1-3H3,(H,14,16)(H,15,17)(H,18,19). The van der Waals surface area contributed by atoms with Gasteiger partial charge in [0.1, 0.15) is 6.04 Å². The highest BCUT2D eigenvalue weighted by molar-refractivity contribution is 6.03. The highest BCUT2D eigenvalue weighted by Gasteiger charge is 2.18. The summed E-state index contributed by atoms with van der Waals surface area (Å²) in [6.45, 7) is 4.47. The molecule has 19 heavy (non-hydrogen) atoms. The zero-order valence-corrected chi connectivity index (χ0v) is 11.0. The summed E-state index contributed by atoms with van der Waals surface area (Å²) in [5.41, 5.74) is 0.818. The van der Waals surface area contributed by atoms with Gasteiger partial charge in [-0.3, -0.25) is 9.59 Å². The Hall–Kier alpha value is -2.37. The van der Waals surface area contributed by atoms with Crippen LogP contribution in [-0.2, 0) is 9.59 Å². The zero-order valence-electron chi connectivity index (χ0n) is 11.0. The van der Waals surface area contributed by atoms with Gasteiger partial charge in [-0.1, -0.05) is 12.1 Å². The normalized spacial score (nSPS) is 11.5. The zero-order chi connectivity index (χ0) is 14.6. The molecule has 1 aromatic carbocycles. The average Bonchev–Trinajstić information content (AvgIpc) is 2.27. The van der Waals surface area contributed by atoms with Crippen LogP contribution in [-0.4, -0.2) is 28.9 Å². The van der Waals surface area contributed by atoms with Crippen LogP contribution >= 0.6 is 0 Å². The molecule has 0 aliphatic heterocycles. The highest BCUT2D eigenvalue weighted by Crippen LogP contribution is 2.19. The van der Waals surface area contributed by atoms with Crippen molar-refractivity contribution in [3.05, 3.63) is 29.3 Å². The smallest absolute Gasteiger partial charge is 0.338 e. The molecule has 3 N–H and O–H groups in total. The third-order valence-corrected chi connectivity index (χ3v) is 2.56. The molecule has 0 aliphatic rings. The van der Waals surface area contributed by atoms with Crippen LogP contribution in [0.25, 0.3) is 0 Å². The molecule has 0 fully saturated rings. The number of aromatic carboxylic acids is 1. The van der Waals surface area contributed by atoms with Crippen LogP contribution in [0.5, 0.6) is 0 Å². The molecule has 0 saturated carbocycles. The second kappa shape index (κ2) is 5.99. The first-order valence-corrected chi connectivity index (χ1v) is 5.73. The Labute approximate surface area is 110 Å². The first-order valence-electron chi connectivity index (χ1n) is 5.73. The van der Waals surface area contributed by atoms with E-state index in [0.717, 1.165) is 0 Å². The van der Waals surface area contributed by atoms with Gasteiger partial charge in [0.15, 0.2) is 0 Å². The van der Waals surface area contributed by atoms with Crippen molar-refractivity contribution in [2.45, 2.75) is 26.8 Å². The van der Waals surface area contributed by atoms with Crippen molar-refractivity contribution in [2.24, 2.45) is 0 Å². The molecule has 1 aromatic rings. The molecule has 0 spiro atoms. The van der Waals surface area contributed by atoms with Crippen molar-refractivity contribution in [1.82, 2.24) is 5.32 Å². The van der Waals surface area contributed by atoms with Crippen LogP contribution in [0.15, 0.2) is 18.2 Å². The lowest BCUT2D eigenvalue weighted by molar-refractivity contribution is -0.124. The fourth-order valence-electron chi connectivity index (χ4n) is 1.67. The number of anilines is 1. The molecule has 0 bridgehead atoms. The summed E-state index contributed by atoms with van der Waals surface area (Å²) in [5, 5.41) is 14.1. The summed E-state index contributed by atoms with van der Waals surface area (Å²) in [4.78, 5) is 33.8. The average molecular weight is 264 g/mol. The van der Waals surface area contributed by atoms with Gasteiger partial charge in [-0.25, -0.2) is 4.79 Å². The van der Waals surface area contributed by atoms with Crippen LogP contribution in [0.3, 0.4) is 0 Å². The molecule has 0 heterocycles. The summed E-state index contributed by atoms with van der Waals surface area (Å²) in [6, 6.07) is 4.07. The van der Waals surface area contributed by atoms with Gasteiger partial charge in [-0.2, -0.15) is 0 Å². The molecule has 6 nitrogen and oxygen atoms in total. The van der Waals surface area contributed by atoms with Crippen LogP contribution in [0.1, 0.15) is 29.8 Å². The predicted molar refractivity (Wildman–Crippen MR) is 70.0 cm³/mol. The lowest BCUT2D eigenvalue weighted by Gasteiger charge is -2.15. The highest BCUT2D eigenvalue weighted by atomic mass is 16.4. The van der Waals surface area contributed by atoms with Gasteiger partial charge < -0.3 is 15.7 Å². The summed E-state index contributed by atoms with van der Waals surface area (Å²) < 4.78 is 0. The molecular weight excluding hydrogens is 248 g/mol. The first kappa shape index (κ1) is 14.7. The number of benzene rings is 1. The monoisotopic (exact) mass is 264 g/mol. The molecule has 0 aliphatic carbocycles. The molecule has 0 saturated heterocycles. The summed E-state index contributed by atoms with van der Waals surface area (Å²) in [5.74, 6) is -1.91. The lowest BCUT2D eigenvalue weighted by Crippen LogP contribution is -2.40. The molecule has 2 amide bonds. The van der Waals surface area contributed by atoms with Gasteiger partial charge in [-0.15, -0.1) is 0 Å². The van der Waals surface area contributed by atoms with Gasteiger partial charge in [0, 0.05) is 6.92 Å². The Morgan fingerprint density at radius 1 is 1.26 bits per heavy atom. The number of carbonyl (C=O) groups excluding carboxylic acids is 2. The topological polar surface area (TPSA) is 95.5 Å². The van der Waals surface area contributed by atoms with E-state index in [-0.39, 0.29) is 17.2 Å². The number of carbonyl (C=O) groups is 3. The van der Waals surface area contributed by atoms with Gasteiger partial charge in [-0.05, 0) is 25.5 Å². The summed E-state index contributed by atoms with van der Waals surface area (Å²) in [6.07, 6.45) is 0. The van der Waals surface area contributed by atoms with E-state index in [2.05, 4.69) is 10.6 Å². The Balaban J connectivity index is 2.94. The SMILES string of the molecule is CC(=O)NC(C)C(=O)Nc1cccc(C)c1C(=O)O. The van der Waals surface area contributed by atoms with Crippen molar-refractivity contribution in [3.63, 3.8) is 0 Å². The van der Waals surface area contributed by atoms with Crippen molar-refractivity contribution in [2.75, 3.05) is 5.32 Å². The van der Waals surface area contributed by atoms with E-state index < -0.39 is 17.9 Å². The number of hydrogen-bond donors (Lipinski definition) is 3. The number of carboxylic acids is 1. The Bertz CT molecular complexity index is 525. The lowest BCUT2D eigenvalue weighted by atomic mass is 10.1. The minimum Gasteiger partial charge on any atom is -0.478 e. The summed E-state index contributed by atoms with van der Waals surface area (Å²) in [7, 11) is 0. The maximum Gasteiger partial charge on any atom is 0.338 e. The first-order chi connectivity index (χ1) is 8.82. The molecule has 1 rings (SSSR count). The van der Waals surface area contributed by atoms with Crippen LogP contribution < -0.4 is 10.6 Å². The maximum absolute atomic E-state index is 11.8. The molecule has 0 radical (unpaired) electrons. The molecule has 0 aromatic heterocycles. The predicted octanol–water partition coefficient (Wildman–Crippen LogP) is 1.16. The van der Waals surface area contributed by atoms with Crippen LogP contribution in [0, 0.1) is 6.92 Å². The number of nitrogens with one attached hydrogen (secondary N) is 2. The van der Waals surface area contributed by atoms with Gasteiger partial charge in [0.25, 0.3) is 0 Å². The minimum atomic E-state index is -1.11. The van der Waals surface area contributed by atoms with Gasteiger partial charge >= 0.3 is 5.97 Å². The number of rotatable bonds is 4. The Morgan fingerprint density at radius 3 is 2.42 bits per heavy atom. The van der Waals surface area contributed by atoms with E-state index in [9.17, 15) is 14.4 Å². The maximum atomic E-state index is 11.8. The van der Waals surface area contributed by atoms with E-state index in [1.807, 2.05) is 0 Å². The second-order valence-corrected chi connectivity index (χ2v) is 4.21. The number of carboxylic acid groups (broad SMARTS) is 1. The molecular formula is C13H16N2O4. The quantitative estimate of drug-likeness (QED) is 0.760. The largest absolute Gasteiger partial charge is 0.478 e. The van der Waals surface area contributed by atoms with Crippen molar-refractivity contribution in [1.29, 1.82) is 0 Å². The van der Waals surface area contributed by atoms with Crippen molar-refractivity contribution >= 4 is 23.5 Å². The Kier molecular flexibility index (Phi) is 4.63. The number of hydrogen-bond acceptors (Lipinski definition) is 3. The van der Waals surface area contributed by atoms with Crippen LogP contribution in [0.4, 0.5) is 5.69 Å². The fourth-order valence-corrected chi connectivity index (χ4v) is 1.67. The van der Waals surface area contributed by atoms with E-state index >= 15 is 0 Å². The number of aryl methyl sites for hydroxylation is 1. The molecule has 1 atom stereocenters. The van der Waals surface area contributed by atoms with E-state index in [1.54, 1.807) is 19.1 Å². The Morgan fingerprint density at radius 2 is 1.89 bits per heavy atom. The van der Waals surface area contributed by atoms with E-state index in [4.69, 9.17) is 5.11 Å². The van der Waals surface area contributed by atoms with Crippen molar-refractivity contribution in [3.8, 4) is 0 Å². The molecule has 1 unspecified atom stereocenters. The van der Waals surface area contributed by atoms with E-state index in [1.165, 1.54) is 19.9 Å². The van der Waals surface area contributed by atoms with Crippen LogP contribution in [0.2, 0.25) is 0 Å². The third-order valence-electron chi connectivity index (χ3n) is 2.56. The van der Waals surface area contributed by atoms with Crippen molar-refractivity contribution < 1.29 is 19.5 Å². The molecule has 102 valence electrons. The number of amides is 2. The van der Waals surface area contributed by atoms with Gasteiger partial charge in [0.2, 0.25) is 11.8 Å². The second-order valence-electron chi connectivity index (χ2n) is 4.21. The third kappa shape index (κ3) is 3.80. The molecule has 6 heteroatoms. The fraction of sp³-hybridized carbons (Fsp3) is 0.308. The van der Waals surface area contributed by atoms with Gasteiger partial charge in [0.05, 0.1) is 11.3 Å².